The Labute approximate surface area is 104 Å². The molecule has 1 atom stereocenters. The lowest BCUT2D eigenvalue weighted by molar-refractivity contribution is 0.569. The van der Waals surface area contributed by atoms with Crippen LogP contribution in [-0.4, -0.2) is 18.2 Å². The minimum atomic E-state index is -3.42. The molecule has 2 aromatic heterocycles. The highest BCUT2D eigenvalue weighted by atomic mass is 32.2. The number of sulfonamides is 1. The van der Waals surface area contributed by atoms with E-state index < -0.39 is 10.0 Å². The van der Waals surface area contributed by atoms with Gasteiger partial charge in [-0.3, -0.25) is 4.68 Å². The van der Waals surface area contributed by atoms with E-state index in [0.29, 0.717) is 4.21 Å². The molecule has 0 amide bonds. The first kappa shape index (κ1) is 12.3. The van der Waals surface area contributed by atoms with Gasteiger partial charge in [-0.25, -0.2) is 13.1 Å². The standard InChI is InChI=1S/C10H13N3O2S2/c1-8(9-6-11-13(2)7-9)12-17(14,15)10-4-3-5-16-10/h3-8,12H,1-2H3/t8-/m0/s1. The third-order valence-electron chi connectivity index (χ3n) is 2.32. The molecule has 92 valence electrons. The minimum absolute atomic E-state index is 0.296. The number of rotatable bonds is 4. The summed E-state index contributed by atoms with van der Waals surface area (Å²) in [7, 11) is -1.63. The Morgan fingerprint density at radius 1 is 1.53 bits per heavy atom. The van der Waals surface area contributed by atoms with Gasteiger partial charge in [-0.1, -0.05) is 6.07 Å². The van der Waals surface area contributed by atoms with Crippen molar-refractivity contribution in [1.82, 2.24) is 14.5 Å². The van der Waals surface area contributed by atoms with E-state index in [2.05, 4.69) is 9.82 Å². The summed E-state index contributed by atoms with van der Waals surface area (Å²) in [6.07, 6.45) is 3.45. The smallest absolute Gasteiger partial charge is 0.250 e. The maximum atomic E-state index is 12.0. The molecule has 2 aromatic rings. The summed E-state index contributed by atoms with van der Waals surface area (Å²) in [4.78, 5) is 0. The van der Waals surface area contributed by atoms with Crippen LogP contribution in [0, 0.1) is 0 Å². The normalized spacial score (nSPS) is 13.8. The lowest BCUT2D eigenvalue weighted by Gasteiger charge is -2.11. The summed E-state index contributed by atoms with van der Waals surface area (Å²) in [6.45, 7) is 1.79. The zero-order valence-electron chi connectivity index (χ0n) is 9.49. The monoisotopic (exact) mass is 271 g/mol. The number of thiophene rings is 1. The first-order valence-electron chi connectivity index (χ1n) is 5.03. The van der Waals surface area contributed by atoms with E-state index in [-0.39, 0.29) is 6.04 Å². The van der Waals surface area contributed by atoms with Crippen molar-refractivity contribution in [1.29, 1.82) is 0 Å². The first-order valence-corrected chi connectivity index (χ1v) is 7.40. The zero-order valence-corrected chi connectivity index (χ0v) is 11.1. The summed E-state index contributed by atoms with van der Waals surface area (Å²) in [5, 5.41) is 5.75. The van der Waals surface area contributed by atoms with E-state index >= 15 is 0 Å². The molecule has 0 spiro atoms. The van der Waals surface area contributed by atoms with E-state index in [4.69, 9.17) is 0 Å². The number of aryl methyl sites for hydroxylation is 1. The van der Waals surface area contributed by atoms with Crippen LogP contribution in [0.3, 0.4) is 0 Å². The van der Waals surface area contributed by atoms with Crippen LogP contribution in [-0.2, 0) is 17.1 Å². The lowest BCUT2D eigenvalue weighted by Crippen LogP contribution is -2.26. The summed E-state index contributed by atoms with van der Waals surface area (Å²) >= 11 is 1.20. The molecule has 7 heteroatoms. The maximum absolute atomic E-state index is 12.0. The number of hydrogen-bond acceptors (Lipinski definition) is 4. The van der Waals surface area contributed by atoms with Crippen molar-refractivity contribution < 1.29 is 8.42 Å². The molecule has 17 heavy (non-hydrogen) atoms. The van der Waals surface area contributed by atoms with Gasteiger partial charge in [-0.15, -0.1) is 11.3 Å². The average molecular weight is 271 g/mol. The summed E-state index contributed by atoms with van der Waals surface area (Å²) in [6, 6.07) is 3.01. The van der Waals surface area contributed by atoms with Gasteiger partial charge in [0.25, 0.3) is 10.0 Å². The molecule has 0 aliphatic heterocycles. The van der Waals surface area contributed by atoms with Crippen molar-refractivity contribution in [2.45, 2.75) is 17.2 Å². The molecule has 0 unspecified atom stereocenters. The molecule has 0 aliphatic carbocycles. The van der Waals surface area contributed by atoms with Crippen LogP contribution in [0.1, 0.15) is 18.5 Å². The van der Waals surface area contributed by atoms with E-state index in [9.17, 15) is 8.42 Å². The second-order valence-corrected chi connectivity index (χ2v) is 6.61. The SMILES string of the molecule is C[C@H](NS(=O)(=O)c1cccs1)c1cnn(C)c1. The molecule has 5 nitrogen and oxygen atoms in total. The van der Waals surface area contributed by atoms with Gasteiger partial charge in [0.05, 0.1) is 6.20 Å². The topological polar surface area (TPSA) is 64.0 Å². The molecular formula is C10H13N3O2S2. The fraction of sp³-hybridized carbons (Fsp3) is 0.300. The molecule has 0 saturated carbocycles. The van der Waals surface area contributed by atoms with Gasteiger partial charge in [0.1, 0.15) is 4.21 Å². The molecule has 0 fully saturated rings. The Balaban J connectivity index is 2.17. The van der Waals surface area contributed by atoms with Gasteiger partial charge in [-0.2, -0.15) is 5.10 Å². The number of nitrogens with one attached hydrogen (secondary N) is 1. The van der Waals surface area contributed by atoms with Crippen LogP contribution in [0.2, 0.25) is 0 Å². The second kappa shape index (κ2) is 4.59. The van der Waals surface area contributed by atoms with Crippen molar-refractivity contribution in [3.63, 3.8) is 0 Å². The van der Waals surface area contributed by atoms with Crippen LogP contribution in [0.15, 0.2) is 34.1 Å². The van der Waals surface area contributed by atoms with Crippen LogP contribution in [0.5, 0.6) is 0 Å². The van der Waals surface area contributed by atoms with Gasteiger partial charge in [-0.05, 0) is 18.4 Å². The predicted octanol–water partition coefficient (Wildman–Crippen LogP) is 1.52. The van der Waals surface area contributed by atoms with Gasteiger partial charge in [0.2, 0.25) is 0 Å². The molecule has 0 aliphatic rings. The Morgan fingerprint density at radius 3 is 2.82 bits per heavy atom. The summed E-state index contributed by atoms with van der Waals surface area (Å²) in [5.41, 5.74) is 0.840. The van der Waals surface area contributed by atoms with Gasteiger partial charge in [0.15, 0.2) is 0 Å². The van der Waals surface area contributed by atoms with Crippen molar-refractivity contribution >= 4 is 21.4 Å². The maximum Gasteiger partial charge on any atom is 0.250 e. The van der Waals surface area contributed by atoms with Crippen molar-refractivity contribution in [2.24, 2.45) is 7.05 Å². The summed E-state index contributed by atoms with van der Waals surface area (Å²) in [5.74, 6) is 0. The lowest BCUT2D eigenvalue weighted by atomic mass is 10.2. The van der Waals surface area contributed by atoms with Gasteiger partial charge in [0, 0.05) is 24.8 Å². The summed E-state index contributed by atoms with van der Waals surface area (Å²) < 4.78 is 28.5. The predicted molar refractivity (Wildman–Crippen MR) is 66.3 cm³/mol. The Kier molecular flexibility index (Phi) is 3.32. The van der Waals surface area contributed by atoms with Gasteiger partial charge >= 0.3 is 0 Å². The third-order valence-corrected chi connectivity index (χ3v) is 5.25. The molecule has 2 rings (SSSR count). The van der Waals surface area contributed by atoms with Crippen LogP contribution >= 0.6 is 11.3 Å². The molecular weight excluding hydrogens is 258 g/mol. The second-order valence-electron chi connectivity index (χ2n) is 3.72. The molecule has 2 heterocycles. The largest absolute Gasteiger partial charge is 0.275 e. The Bertz CT molecular complexity index is 587. The number of hydrogen-bond donors (Lipinski definition) is 1. The van der Waals surface area contributed by atoms with Crippen LogP contribution < -0.4 is 4.72 Å². The van der Waals surface area contributed by atoms with Crippen LogP contribution in [0.25, 0.3) is 0 Å². The van der Waals surface area contributed by atoms with E-state index in [1.165, 1.54) is 11.3 Å². The molecule has 0 bridgehead atoms. The Hall–Kier alpha value is -1.18. The number of nitrogens with zero attached hydrogens (tertiary/aromatic N) is 2. The van der Waals surface area contributed by atoms with Crippen LogP contribution in [0.4, 0.5) is 0 Å². The van der Waals surface area contributed by atoms with Crippen molar-refractivity contribution in [3.8, 4) is 0 Å². The van der Waals surface area contributed by atoms with E-state index in [1.807, 2.05) is 0 Å². The minimum Gasteiger partial charge on any atom is -0.275 e. The molecule has 0 saturated heterocycles. The third kappa shape index (κ3) is 2.74. The quantitative estimate of drug-likeness (QED) is 0.917. The average Bonchev–Trinajstić information content (AvgIpc) is 2.86. The van der Waals surface area contributed by atoms with Gasteiger partial charge < -0.3 is 0 Å². The highest BCUT2D eigenvalue weighted by molar-refractivity contribution is 7.91. The highest BCUT2D eigenvalue weighted by Gasteiger charge is 2.19. The van der Waals surface area contributed by atoms with E-state index in [1.54, 1.807) is 48.6 Å². The molecule has 1 N–H and O–H groups in total. The van der Waals surface area contributed by atoms with E-state index in [0.717, 1.165) is 5.56 Å². The molecule has 0 radical (unpaired) electrons. The van der Waals surface area contributed by atoms with Crippen molar-refractivity contribution in [2.75, 3.05) is 0 Å². The first-order chi connectivity index (χ1) is 7.99. The highest BCUT2D eigenvalue weighted by Crippen LogP contribution is 2.19. The fourth-order valence-electron chi connectivity index (χ4n) is 1.44. The fourth-order valence-corrected chi connectivity index (χ4v) is 3.68. The Morgan fingerprint density at radius 2 is 2.29 bits per heavy atom. The number of aromatic nitrogens is 2. The molecule has 0 aromatic carbocycles. The zero-order chi connectivity index (χ0) is 12.5. The van der Waals surface area contributed by atoms with Crippen molar-refractivity contribution in [3.05, 3.63) is 35.5 Å².